The van der Waals surface area contributed by atoms with Crippen molar-refractivity contribution in [3.63, 3.8) is 0 Å². The lowest BCUT2D eigenvalue weighted by molar-refractivity contribution is 0.380. The van der Waals surface area contributed by atoms with E-state index in [0.29, 0.717) is 34.4 Å². The van der Waals surface area contributed by atoms with Crippen LogP contribution in [0.4, 0.5) is 11.4 Å². The van der Waals surface area contributed by atoms with Gasteiger partial charge in [-0.05, 0) is 97.1 Å². The van der Waals surface area contributed by atoms with Crippen molar-refractivity contribution in [1.82, 2.24) is 0 Å². The van der Waals surface area contributed by atoms with Crippen molar-refractivity contribution in [2.45, 2.75) is 9.79 Å². The smallest absolute Gasteiger partial charge is 0.394 e. The Hall–Kier alpha value is -4.23. The van der Waals surface area contributed by atoms with Gasteiger partial charge in [0.15, 0.2) is 0 Å². The number of anilines is 2. The Bertz CT molecular complexity index is 1620. The average molecular weight is 629 g/mol. The first-order valence-electron chi connectivity index (χ1n) is 10.8. The van der Waals surface area contributed by atoms with Gasteiger partial charge >= 0.3 is 10.4 Å². The minimum absolute atomic E-state index is 0.174. The normalized spacial score (nSPS) is 11.2. The molecule has 0 aliphatic carbocycles. The number of nitrogens with two attached hydrogens (primary N) is 2. The lowest BCUT2D eigenvalue weighted by Gasteiger charge is -2.06. The molecule has 0 saturated carbocycles. The molecule has 0 saturated heterocycles. The van der Waals surface area contributed by atoms with Gasteiger partial charge in [0, 0.05) is 11.4 Å². The van der Waals surface area contributed by atoms with Gasteiger partial charge in [0.05, 0.1) is 9.79 Å². The van der Waals surface area contributed by atoms with Crippen LogP contribution < -0.4 is 20.9 Å². The van der Waals surface area contributed by atoms with E-state index in [4.69, 9.17) is 47.6 Å². The third-order valence-corrected chi connectivity index (χ3v) is 6.21. The Morgan fingerprint density at radius 2 is 0.610 bits per heavy atom. The van der Waals surface area contributed by atoms with E-state index in [1.807, 2.05) is 0 Å². The maximum absolute atomic E-state index is 10.8. The highest BCUT2D eigenvalue weighted by atomic mass is 32.3. The quantitative estimate of drug-likeness (QED) is 0.131. The van der Waals surface area contributed by atoms with Crippen LogP contribution in [0.15, 0.2) is 107 Å². The number of ether oxygens (including phenoxy) is 2. The molecule has 4 aromatic carbocycles. The summed E-state index contributed by atoms with van der Waals surface area (Å²) in [6.45, 7) is 0. The first-order chi connectivity index (χ1) is 18.9. The van der Waals surface area contributed by atoms with Gasteiger partial charge in [-0.2, -0.15) is 25.3 Å². The molecule has 0 amide bonds. The van der Waals surface area contributed by atoms with Gasteiger partial charge in [0.25, 0.3) is 20.2 Å². The second kappa shape index (κ2) is 13.9. The van der Waals surface area contributed by atoms with Gasteiger partial charge in [-0.25, -0.2) is 0 Å². The molecule has 17 heteroatoms. The fourth-order valence-corrected chi connectivity index (χ4v) is 3.66. The molecule has 0 fully saturated rings. The molecular weight excluding hydrogens is 604 g/mol. The second-order valence-electron chi connectivity index (χ2n) is 7.68. The van der Waals surface area contributed by atoms with Crippen LogP contribution in [0.5, 0.6) is 23.0 Å². The summed E-state index contributed by atoms with van der Waals surface area (Å²) in [4.78, 5) is -0.348. The highest BCUT2D eigenvalue weighted by Gasteiger charge is 2.10. The van der Waals surface area contributed by atoms with Crippen LogP contribution in [0.1, 0.15) is 0 Å². The standard InChI is InChI=1S/2C12H11NO4S.H2O4S/c2*13-9-1-3-10(4-2-9)17-11-5-7-12(8-6-11)18(14,15)16;1-5(2,3)4/h2*1-8H,13H2,(H,14,15,16);(H2,1,2,3,4). The van der Waals surface area contributed by atoms with Gasteiger partial charge in [-0.15, -0.1) is 0 Å². The summed E-state index contributed by atoms with van der Waals surface area (Å²) in [5.41, 5.74) is 12.3. The van der Waals surface area contributed by atoms with Crippen LogP contribution in [0.2, 0.25) is 0 Å². The summed E-state index contributed by atoms with van der Waals surface area (Å²) in [5.74, 6) is 2.10. The minimum Gasteiger partial charge on any atom is -0.457 e. The molecular formula is C24H24N2O12S3. The largest absolute Gasteiger partial charge is 0.457 e. The van der Waals surface area contributed by atoms with E-state index in [1.165, 1.54) is 48.5 Å². The van der Waals surface area contributed by atoms with E-state index in [0.717, 1.165) is 0 Å². The fraction of sp³-hybridized carbons (Fsp3) is 0. The molecule has 0 aliphatic heterocycles. The van der Waals surface area contributed by atoms with Crippen molar-refractivity contribution < 1.29 is 52.9 Å². The van der Waals surface area contributed by atoms with Gasteiger partial charge < -0.3 is 20.9 Å². The summed E-state index contributed by atoms with van der Waals surface area (Å²) < 4.78 is 104. The van der Waals surface area contributed by atoms with Crippen molar-refractivity contribution in [2.75, 3.05) is 11.5 Å². The molecule has 0 heterocycles. The Balaban J connectivity index is 0.000000247. The lowest BCUT2D eigenvalue weighted by Crippen LogP contribution is -1.97. The molecule has 220 valence electrons. The van der Waals surface area contributed by atoms with E-state index in [9.17, 15) is 16.8 Å². The molecule has 0 bridgehead atoms. The van der Waals surface area contributed by atoms with Crippen molar-refractivity contribution >= 4 is 42.0 Å². The zero-order valence-corrected chi connectivity index (χ0v) is 23.1. The summed E-state index contributed by atoms with van der Waals surface area (Å²) in [6, 6.07) is 24.5. The zero-order chi connectivity index (χ0) is 30.8. The first-order valence-corrected chi connectivity index (χ1v) is 15.1. The zero-order valence-electron chi connectivity index (χ0n) is 20.7. The van der Waals surface area contributed by atoms with Crippen molar-refractivity contribution in [2.24, 2.45) is 0 Å². The summed E-state index contributed by atoms with van der Waals surface area (Å²) in [6.07, 6.45) is 0. The van der Waals surface area contributed by atoms with Crippen molar-refractivity contribution in [3.8, 4) is 23.0 Å². The molecule has 4 rings (SSSR count). The predicted octanol–water partition coefficient (Wildman–Crippen LogP) is 3.96. The monoisotopic (exact) mass is 628 g/mol. The van der Waals surface area contributed by atoms with E-state index in [1.54, 1.807) is 48.5 Å². The Morgan fingerprint density at radius 1 is 0.415 bits per heavy atom. The van der Waals surface area contributed by atoms with E-state index < -0.39 is 30.6 Å². The third kappa shape index (κ3) is 13.1. The maximum Gasteiger partial charge on any atom is 0.394 e. The minimum atomic E-state index is -4.67. The molecule has 0 radical (unpaired) electrons. The highest BCUT2D eigenvalue weighted by molar-refractivity contribution is 7.86. The first kappa shape index (κ1) is 33.0. The molecule has 0 aromatic heterocycles. The van der Waals surface area contributed by atoms with Crippen molar-refractivity contribution in [1.29, 1.82) is 0 Å². The van der Waals surface area contributed by atoms with Gasteiger partial charge in [-0.3, -0.25) is 18.2 Å². The van der Waals surface area contributed by atoms with Crippen LogP contribution in [-0.4, -0.2) is 43.5 Å². The molecule has 0 atom stereocenters. The molecule has 14 nitrogen and oxygen atoms in total. The maximum atomic E-state index is 10.8. The molecule has 0 unspecified atom stereocenters. The Morgan fingerprint density at radius 3 is 0.805 bits per heavy atom. The molecule has 4 aromatic rings. The van der Waals surface area contributed by atoms with Gasteiger partial charge in [0.1, 0.15) is 23.0 Å². The average Bonchev–Trinajstić information content (AvgIpc) is 2.86. The van der Waals surface area contributed by atoms with Crippen LogP contribution >= 0.6 is 0 Å². The van der Waals surface area contributed by atoms with Crippen molar-refractivity contribution in [3.05, 3.63) is 97.1 Å². The lowest BCUT2D eigenvalue weighted by atomic mass is 10.3. The van der Waals surface area contributed by atoms with E-state index in [2.05, 4.69) is 0 Å². The number of hydrogen-bond donors (Lipinski definition) is 6. The Kier molecular flexibility index (Phi) is 11.2. The number of hydrogen-bond acceptors (Lipinski definition) is 10. The number of benzene rings is 4. The fourth-order valence-electron chi connectivity index (χ4n) is 2.70. The predicted molar refractivity (Wildman–Crippen MR) is 149 cm³/mol. The topological polar surface area (TPSA) is 254 Å². The third-order valence-electron chi connectivity index (χ3n) is 4.47. The van der Waals surface area contributed by atoms with Crippen LogP contribution in [0.3, 0.4) is 0 Å². The Labute approximate surface area is 235 Å². The number of rotatable bonds is 6. The van der Waals surface area contributed by atoms with Crippen LogP contribution in [-0.2, 0) is 30.6 Å². The van der Waals surface area contributed by atoms with E-state index in [-0.39, 0.29) is 9.79 Å². The van der Waals surface area contributed by atoms with Crippen LogP contribution in [0, 0.1) is 0 Å². The molecule has 8 N–H and O–H groups in total. The number of nitrogen functional groups attached to an aromatic ring is 2. The summed E-state index contributed by atoms with van der Waals surface area (Å²) >= 11 is 0. The SMILES string of the molecule is Nc1ccc(Oc2ccc(S(=O)(=O)O)cc2)cc1.Nc1ccc(Oc2ccc(S(=O)(=O)O)cc2)cc1.O=S(=O)(O)O. The highest BCUT2D eigenvalue weighted by Crippen LogP contribution is 2.24. The van der Waals surface area contributed by atoms with Gasteiger partial charge in [0.2, 0.25) is 0 Å². The molecule has 0 aliphatic rings. The molecule has 0 spiro atoms. The second-order valence-corrected chi connectivity index (χ2v) is 11.4. The van der Waals surface area contributed by atoms with Crippen LogP contribution in [0.25, 0.3) is 0 Å². The van der Waals surface area contributed by atoms with Gasteiger partial charge in [-0.1, -0.05) is 0 Å². The summed E-state index contributed by atoms with van der Waals surface area (Å²) in [7, 11) is -13.0. The summed E-state index contributed by atoms with van der Waals surface area (Å²) in [5, 5.41) is 0. The van der Waals surface area contributed by atoms with E-state index >= 15 is 0 Å². The molecule has 41 heavy (non-hydrogen) atoms.